The Morgan fingerprint density at radius 2 is 1.44 bits per heavy atom. The van der Waals surface area contributed by atoms with Gasteiger partial charge in [-0.1, -0.05) is 91.0 Å². The van der Waals surface area contributed by atoms with Gasteiger partial charge in [0, 0.05) is 45.2 Å². The number of allylic oxidation sites excluding steroid dienone is 7. The van der Waals surface area contributed by atoms with Crippen LogP contribution < -0.4 is 4.90 Å². The Hall–Kier alpha value is -4.56. The Labute approximate surface area is 297 Å². The zero-order valence-electron chi connectivity index (χ0n) is 29.2. The molecule has 2 heteroatoms. The lowest BCUT2D eigenvalue weighted by Gasteiger charge is -2.38. The maximum atomic E-state index is 2.79. The molecule has 0 bridgehead atoms. The van der Waals surface area contributed by atoms with Gasteiger partial charge in [-0.25, -0.2) is 0 Å². The monoisotopic (exact) mass is 652 g/mol. The van der Waals surface area contributed by atoms with Crippen LogP contribution in [0.15, 0.2) is 144 Å². The standard InChI is InChI=1S/C48H48N2/c1-3-11-33(12-4-1)35-19-25-39(26-20-35)49-45-17-9-7-15-41(45)43-31-37(23-29-47(43)49)38-24-30-48-44(32-38)42-16-8-10-18-46(42)50(48)40-27-21-36(22-28-40)34-13-5-2-6-14-34/h1,3-4,8,10-13,16,18-22,24-27,30,32,37,40,43,47H,2,5-7,9,14-15,17,23,28-29,31H2. The van der Waals surface area contributed by atoms with Crippen molar-refractivity contribution in [3.05, 3.63) is 149 Å². The molecule has 1 saturated carbocycles. The van der Waals surface area contributed by atoms with Crippen molar-refractivity contribution in [2.45, 2.75) is 95.1 Å². The molecule has 0 saturated heterocycles. The molecule has 250 valence electrons. The van der Waals surface area contributed by atoms with Gasteiger partial charge < -0.3 is 9.47 Å². The molecule has 2 heterocycles. The molecule has 1 aromatic heterocycles. The van der Waals surface area contributed by atoms with Crippen LogP contribution in [0.1, 0.15) is 94.6 Å². The van der Waals surface area contributed by atoms with Crippen molar-refractivity contribution in [3.8, 4) is 11.1 Å². The SMILES string of the molecule is C1=CC(n2c3ccccc3c3cc(C4CCC5C(C4)C4=C(CCCC4)N5c4ccc(-c5ccccc5)cc4)ccc32)CC=C1C1=CCCCC1. The lowest BCUT2D eigenvalue weighted by Crippen LogP contribution is -2.38. The van der Waals surface area contributed by atoms with Crippen molar-refractivity contribution in [1.82, 2.24) is 4.57 Å². The average Bonchev–Trinajstić information content (AvgIpc) is 3.71. The summed E-state index contributed by atoms with van der Waals surface area (Å²) < 4.78 is 2.63. The Bertz CT molecular complexity index is 2190. The number of nitrogens with zero attached hydrogens (tertiary/aromatic N) is 2. The number of benzene rings is 4. The summed E-state index contributed by atoms with van der Waals surface area (Å²) in [6.07, 6.45) is 25.1. The highest BCUT2D eigenvalue weighted by molar-refractivity contribution is 6.08. The fourth-order valence-electron chi connectivity index (χ4n) is 10.5. The topological polar surface area (TPSA) is 8.17 Å². The van der Waals surface area contributed by atoms with Crippen LogP contribution in [-0.4, -0.2) is 10.6 Å². The molecule has 0 amide bonds. The van der Waals surface area contributed by atoms with E-state index in [1.54, 1.807) is 22.4 Å². The summed E-state index contributed by atoms with van der Waals surface area (Å²) in [7, 11) is 0. The molecule has 4 unspecified atom stereocenters. The average molecular weight is 653 g/mol. The normalized spacial score (nSPS) is 25.1. The third kappa shape index (κ3) is 5.13. The smallest absolute Gasteiger partial charge is 0.0560 e. The molecule has 10 rings (SSSR count). The first-order chi connectivity index (χ1) is 24.8. The highest BCUT2D eigenvalue weighted by Crippen LogP contribution is 2.53. The lowest BCUT2D eigenvalue weighted by atomic mass is 9.72. The zero-order chi connectivity index (χ0) is 33.0. The van der Waals surface area contributed by atoms with Gasteiger partial charge in [0.05, 0.1) is 6.04 Å². The molecule has 5 aliphatic rings. The molecule has 0 radical (unpaired) electrons. The van der Waals surface area contributed by atoms with Crippen LogP contribution in [-0.2, 0) is 0 Å². The predicted molar refractivity (Wildman–Crippen MR) is 211 cm³/mol. The largest absolute Gasteiger partial charge is 0.341 e. The van der Waals surface area contributed by atoms with Crippen LogP contribution in [0.2, 0.25) is 0 Å². The van der Waals surface area contributed by atoms with E-state index in [1.165, 1.54) is 115 Å². The third-order valence-corrected chi connectivity index (χ3v) is 12.9. The molecule has 2 nitrogen and oxygen atoms in total. The van der Waals surface area contributed by atoms with Gasteiger partial charge in [-0.05, 0) is 147 Å². The van der Waals surface area contributed by atoms with E-state index in [9.17, 15) is 0 Å². The number of hydrogen-bond donors (Lipinski definition) is 0. The second-order valence-corrected chi connectivity index (χ2v) is 15.6. The molecule has 1 fully saturated rings. The molecule has 4 atom stereocenters. The van der Waals surface area contributed by atoms with Crippen molar-refractivity contribution < 1.29 is 0 Å². The van der Waals surface area contributed by atoms with E-state index in [2.05, 4.69) is 131 Å². The summed E-state index contributed by atoms with van der Waals surface area (Å²) in [6, 6.07) is 37.9. The van der Waals surface area contributed by atoms with E-state index in [4.69, 9.17) is 0 Å². The summed E-state index contributed by atoms with van der Waals surface area (Å²) in [6.45, 7) is 0. The van der Waals surface area contributed by atoms with E-state index in [0.29, 0.717) is 23.9 Å². The fourth-order valence-corrected chi connectivity index (χ4v) is 10.5. The summed E-state index contributed by atoms with van der Waals surface area (Å²) >= 11 is 0. The molecule has 50 heavy (non-hydrogen) atoms. The second kappa shape index (κ2) is 12.6. The maximum Gasteiger partial charge on any atom is 0.0560 e. The van der Waals surface area contributed by atoms with Gasteiger partial charge >= 0.3 is 0 Å². The Morgan fingerprint density at radius 1 is 0.640 bits per heavy atom. The number of para-hydroxylation sites is 1. The third-order valence-electron chi connectivity index (χ3n) is 12.9. The Balaban J connectivity index is 0.941. The molecule has 0 N–H and O–H groups in total. The van der Waals surface area contributed by atoms with Crippen LogP contribution in [0.4, 0.5) is 5.69 Å². The first-order valence-electron chi connectivity index (χ1n) is 19.6. The van der Waals surface area contributed by atoms with Crippen LogP contribution in [0, 0.1) is 5.92 Å². The molecule has 5 aromatic rings. The second-order valence-electron chi connectivity index (χ2n) is 15.6. The van der Waals surface area contributed by atoms with E-state index < -0.39 is 0 Å². The maximum absolute atomic E-state index is 2.79. The van der Waals surface area contributed by atoms with Crippen molar-refractivity contribution in [1.29, 1.82) is 0 Å². The molecular formula is C48H48N2. The number of fused-ring (bicyclic) bond motifs is 5. The van der Waals surface area contributed by atoms with E-state index in [0.717, 1.165) is 6.42 Å². The minimum atomic E-state index is 0.356. The van der Waals surface area contributed by atoms with Crippen molar-refractivity contribution in [2.24, 2.45) is 5.92 Å². The highest BCUT2D eigenvalue weighted by atomic mass is 15.2. The highest BCUT2D eigenvalue weighted by Gasteiger charge is 2.45. The number of hydrogen-bond acceptors (Lipinski definition) is 1. The van der Waals surface area contributed by atoms with E-state index in [1.807, 2.05) is 0 Å². The number of anilines is 1. The Kier molecular flexibility index (Phi) is 7.66. The van der Waals surface area contributed by atoms with Gasteiger partial charge in [-0.3, -0.25) is 0 Å². The van der Waals surface area contributed by atoms with Gasteiger partial charge in [0.25, 0.3) is 0 Å². The number of rotatable bonds is 5. The van der Waals surface area contributed by atoms with Gasteiger partial charge in [0.2, 0.25) is 0 Å². The Morgan fingerprint density at radius 3 is 2.28 bits per heavy atom. The molecule has 0 spiro atoms. The first-order valence-corrected chi connectivity index (χ1v) is 19.6. The van der Waals surface area contributed by atoms with Gasteiger partial charge in [0.1, 0.15) is 0 Å². The lowest BCUT2D eigenvalue weighted by molar-refractivity contribution is 0.322. The van der Waals surface area contributed by atoms with E-state index in [-0.39, 0.29) is 0 Å². The van der Waals surface area contributed by atoms with Gasteiger partial charge in [-0.2, -0.15) is 0 Å². The molecular weight excluding hydrogens is 605 g/mol. The predicted octanol–water partition coefficient (Wildman–Crippen LogP) is 13.0. The van der Waals surface area contributed by atoms with Crippen molar-refractivity contribution >= 4 is 27.5 Å². The van der Waals surface area contributed by atoms with Gasteiger partial charge in [0.15, 0.2) is 0 Å². The van der Waals surface area contributed by atoms with E-state index >= 15 is 0 Å². The number of aromatic nitrogens is 1. The first kappa shape index (κ1) is 30.3. The van der Waals surface area contributed by atoms with Crippen LogP contribution in [0.3, 0.4) is 0 Å². The molecule has 4 aliphatic carbocycles. The summed E-state index contributed by atoms with van der Waals surface area (Å²) in [5.41, 5.74) is 14.8. The minimum absolute atomic E-state index is 0.356. The summed E-state index contributed by atoms with van der Waals surface area (Å²) in [4.78, 5) is 2.79. The minimum Gasteiger partial charge on any atom is -0.341 e. The summed E-state index contributed by atoms with van der Waals surface area (Å²) in [5.74, 6) is 1.28. The van der Waals surface area contributed by atoms with Crippen LogP contribution >= 0.6 is 0 Å². The van der Waals surface area contributed by atoms with Crippen LogP contribution in [0.5, 0.6) is 0 Å². The van der Waals surface area contributed by atoms with Crippen molar-refractivity contribution in [2.75, 3.05) is 4.90 Å². The quantitative estimate of drug-likeness (QED) is 0.183. The zero-order valence-corrected chi connectivity index (χ0v) is 29.2. The summed E-state index contributed by atoms with van der Waals surface area (Å²) in [5, 5.41) is 2.84. The van der Waals surface area contributed by atoms with Gasteiger partial charge in [-0.15, -0.1) is 0 Å². The fraction of sp³-hybridized carbons (Fsp3) is 0.333. The van der Waals surface area contributed by atoms with Crippen molar-refractivity contribution in [3.63, 3.8) is 0 Å². The molecule has 1 aliphatic heterocycles. The molecule has 4 aromatic carbocycles. The van der Waals surface area contributed by atoms with Crippen LogP contribution in [0.25, 0.3) is 32.9 Å².